The number of amides is 2. The summed E-state index contributed by atoms with van der Waals surface area (Å²) in [5, 5.41) is 13.1. The van der Waals surface area contributed by atoms with Crippen LogP contribution >= 0.6 is 11.3 Å². The normalized spacial score (nSPS) is 11.4. The maximum atomic E-state index is 13.2. The summed E-state index contributed by atoms with van der Waals surface area (Å²) in [5.41, 5.74) is 11.1. The van der Waals surface area contributed by atoms with Crippen LogP contribution in [-0.4, -0.2) is 40.2 Å². The molecule has 6 aromatic rings. The molecule has 0 bridgehead atoms. The fraction of sp³-hybridized carbons (Fsp3) is 0.0968. The van der Waals surface area contributed by atoms with Crippen LogP contribution in [0.1, 0.15) is 26.6 Å². The monoisotopic (exact) mass is 578 g/mol. The van der Waals surface area contributed by atoms with Crippen molar-refractivity contribution in [3.63, 3.8) is 0 Å². The number of methoxy groups -OCH3 is 1. The molecule has 0 saturated carbocycles. The van der Waals surface area contributed by atoms with Crippen LogP contribution in [0, 0.1) is 0 Å². The lowest BCUT2D eigenvalue weighted by Gasteiger charge is -2.13. The Morgan fingerprint density at radius 3 is 2.79 bits per heavy atom. The number of thiophene rings is 1. The highest BCUT2D eigenvalue weighted by Crippen LogP contribution is 2.41. The molecule has 0 saturated heterocycles. The lowest BCUT2D eigenvalue weighted by atomic mass is 10.0. The van der Waals surface area contributed by atoms with Gasteiger partial charge in [0, 0.05) is 58.0 Å². The third kappa shape index (κ3) is 4.97. The fourth-order valence-corrected chi connectivity index (χ4v) is 5.91. The molecule has 2 aromatic carbocycles. The summed E-state index contributed by atoms with van der Waals surface area (Å²) in [4.78, 5) is 29.7. The van der Waals surface area contributed by atoms with Crippen molar-refractivity contribution in [3.05, 3.63) is 95.5 Å². The number of ether oxygens (including phenoxy) is 1. The molecular formula is C31H26N6O4S. The first-order chi connectivity index (χ1) is 20.4. The van der Waals surface area contributed by atoms with E-state index < -0.39 is 0 Å². The first-order valence-electron chi connectivity index (χ1n) is 13.0. The van der Waals surface area contributed by atoms with Gasteiger partial charge in [-0.1, -0.05) is 41.6 Å². The van der Waals surface area contributed by atoms with Crippen LogP contribution in [0.4, 0.5) is 11.5 Å². The molecule has 10 nitrogen and oxygen atoms in total. The van der Waals surface area contributed by atoms with E-state index in [9.17, 15) is 9.59 Å². The van der Waals surface area contributed by atoms with Gasteiger partial charge in [-0.25, -0.2) is 4.98 Å². The van der Waals surface area contributed by atoms with Gasteiger partial charge in [0.05, 0.1) is 19.0 Å². The average molecular weight is 579 g/mol. The van der Waals surface area contributed by atoms with Crippen LogP contribution in [0.5, 0.6) is 5.75 Å². The lowest BCUT2D eigenvalue weighted by molar-refractivity contribution is 0.0920. The highest BCUT2D eigenvalue weighted by molar-refractivity contribution is 7.18. The van der Waals surface area contributed by atoms with Crippen molar-refractivity contribution in [2.45, 2.75) is 0 Å². The Hall–Kier alpha value is -5.42. The van der Waals surface area contributed by atoms with Gasteiger partial charge >= 0.3 is 0 Å². The highest BCUT2D eigenvalue weighted by atomic mass is 32.1. The number of aryl methyl sites for hydroxylation is 1. The molecule has 0 aliphatic carbocycles. The zero-order valence-electron chi connectivity index (χ0n) is 22.8. The smallest absolute Gasteiger partial charge is 0.290 e. The molecule has 2 amide bonds. The van der Waals surface area contributed by atoms with Crippen molar-refractivity contribution in [1.29, 1.82) is 0 Å². The predicted octanol–water partition coefficient (Wildman–Crippen LogP) is 5.73. The van der Waals surface area contributed by atoms with Gasteiger partial charge in [-0.15, -0.1) is 11.3 Å². The van der Waals surface area contributed by atoms with Crippen LogP contribution in [0.15, 0.2) is 83.0 Å². The van der Waals surface area contributed by atoms with E-state index in [1.165, 1.54) is 12.3 Å². The molecule has 0 fully saturated rings. The number of hydrogen-bond acceptors (Lipinski definition) is 8. The summed E-state index contributed by atoms with van der Waals surface area (Å²) in [6, 6.07) is 16.8. The number of benzene rings is 2. The first-order valence-corrected chi connectivity index (χ1v) is 13.9. The number of nitrogens with one attached hydrogen (secondary N) is 2. The Morgan fingerprint density at radius 2 is 2.00 bits per heavy atom. The van der Waals surface area contributed by atoms with E-state index in [1.807, 2.05) is 77.7 Å². The van der Waals surface area contributed by atoms with Gasteiger partial charge in [0.1, 0.15) is 17.3 Å². The SMILES string of the molecule is COc1cc(-c2csc3c(C=CCNC(=O)c4ccno4)cnc(N)c23)ccc1NC(=O)c1cc2ccccc2n1C. The number of nitrogen functional groups attached to an aromatic ring is 1. The molecule has 42 heavy (non-hydrogen) atoms. The number of nitrogens with zero attached hydrogens (tertiary/aromatic N) is 3. The number of pyridine rings is 1. The summed E-state index contributed by atoms with van der Waals surface area (Å²) in [6.07, 6.45) is 6.85. The van der Waals surface area contributed by atoms with Gasteiger partial charge in [-0.3, -0.25) is 9.59 Å². The number of carbonyl (C=O) groups excluding carboxylic acids is 2. The van der Waals surface area contributed by atoms with E-state index in [-0.39, 0.29) is 17.6 Å². The molecule has 0 aliphatic heterocycles. The van der Waals surface area contributed by atoms with Crippen LogP contribution in [0.3, 0.4) is 0 Å². The van der Waals surface area contributed by atoms with Crippen molar-refractivity contribution in [2.75, 3.05) is 24.7 Å². The Labute approximate surface area is 244 Å². The minimum absolute atomic E-state index is 0.150. The van der Waals surface area contributed by atoms with E-state index in [4.69, 9.17) is 15.0 Å². The Bertz CT molecular complexity index is 1970. The standard InChI is InChI=1S/C31H26N6O4S/c1-37-23-8-4-3-6-19(23)14-24(37)30(38)36-22-10-9-18(15-26(22)40-2)21-17-42-28-20(16-34-29(32)27(21)28)7-5-12-33-31(39)25-11-13-35-41-25/h3-11,13-17H,12H2,1-2H3,(H2,32,34)(H,33,39)(H,36,38). The van der Waals surface area contributed by atoms with Crippen molar-refractivity contribution in [1.82, 2.24) is 20.0 Å². The van der Waals surface area contributed by atoms with Gasteiger partial charge < -0.3 is 30.2 Å². The van der Waals surface area contributed by atoms with Crippen LogP contribution < -0.4 is 21.1 Å². The third-order valence-electron chi connectivity index (χ3n) is 6.94. The van der Waals surface area contributed by atoms with E-state index in [0.717, 1.165) is 37.7 Å². The molecule has 210 valence electrons. The second-order valence-electron chi connectivity index (χ2n) is 9.46. The topological polar surface area (TPSA) is 137 Å². The summed E-state index contributed by atoms with van der Waals surface area (Å²) < 4.78 is 13.4. The molecule has 4 heterocycles. The molecule has 0 aliphatic rings. The summed E-state index contributed by atoms with van der Waals surface area (Å²) in [5.74, 6) is 0.495. The predicted molar refractivity (Wildman–Crippen MR) is 165 cm³/mol. The third-order valence-corrected chi connectivity index (χ3v) is 7.97. The van der Waals surface area contributed by atoms with Gasteiger partial charge in [0.2, 0.25) is 5.76 Å². The summed E-state index contributed by atoms with van der Waals surface area (Å²) in [6.45, 7) is 0.298. The summed E-state index contributed by atoms with van der Waals surface area (Å²) in [7, 11) is 3.44. The second kappa shape index (κ2) is 11.2. The largest absolute Gasteiger partial charge is 0.495 e. The van der Waals surface area contributed by atoms with Crippen molar-refractivity contribution in [2.24, 2.45) is 7.05 Å². The van der Waals surface area contributed by atoms with Gasteiger partial charge in [0.15, 0.2) is 0 Å². The molecule has 6 rings (SSSR count). The van der Waals surface area contributed by atoms with Crippen molar-refractivity contribution < 1.29 is 18.8 Å². The number of nitrogens with two attached hydrogens (primary N) is 1. The number of para-hydroxylation sites is 1. The number of rotatable bonds is 8. The molecule has 4 aromatic heterocycles. The van der Waals surface area contributed by atoms with Crippen LogP contribution in [0.25, 0.3) is 38.2 Å². The number of hydrogen-bond donors (Lipinski definition) is 3. The molecule has 0 spiro atoms. The molecular weight excluding hydrogens is 552 g/mol. The fourth-order valence-electron chi connectivity index (χ4n) is 4.83. The number of carbonyl (C=O) groups is 2. The minimum atomic E-state index is -0.346. The zero-order chi connectivity index (χ0) is 29.2. The van der Waals surface area contributed by atoms with Gasteiger partial charge in [0.25, 0.3) is 11.8 Å². The van der Waals surface area contributed by atoms with E-state index >= 15 is 0 Å². The molecule has 4 N–H and O–H groups in total. The number of anilines is 2. The average Bonchev–Trinajstić information content (AvgIpc) is 3.77. The van der Waals surface area contributed by atoms with Crippen LogP contribution in [0.2, 0.25) is 0 Å². The Balaban J connectivity index is 1.24. The quantitative estimate of drug-likeness (QED) is 0.210. The molecule has 11 heteroatoms. The molecule has 0 radical (unpaired) electrons. The van der Waals surface area contributed by atoms with Gasteiger partial charge in [-0.2, -0.15) is 0 Å². The van der Waals surface area contributed by atoms with Gasteiger partial charge in [-0.05, 0) is 35.2 Å². The number of aromatic nitrogens is 3. The second-order valence-corrected chi connectivity index (χ2v) is 10.3. The summed E-state index contributed by atoms with van der Waals surface area (Å²) >= 11 is 1.55. The van der Waals surface area contributed by atoms with Crippen molar-refractivity contribution >= 4 is 61.7 Å². The van der Waals surface area contributed by atoms with E-state index in [2.05, 4.69) is 20.8 Å². The van der Waals surface area contributed by atoms with E-state index in [1.54, 1.807) is 24.6 Å². The van der Waals surface area contributed by atoms with Crippen molar-refractivity contribution in [3.8, 4) is 16.9 Å². The number of fused-ring (bicyclic) bond motifs is 2. The maximum Gasteiger partial charge on any atom is 0.290 e. The highest BCUT2D eigenvalue weighted by Gasteiger charge is 2.18. The molecule has 0 unspecified atom stereocenters. The lowest BCUT2D eigenvalue weighted by Crippen LogP contribution is -2.22. The zero-order valence-corrected chi connectivity index (χ0v) is 23.6. The maximum absolute atomic E-state index is 13.2. The Morgan fingerprint density at radius 1 is 1.14 bits per heavy atom. The first kappa shape index (κ1) is 26.8. The van der Waals surface area contributed by atoms with Crippen LogP contribution in [-0.2, 0) is 7.05 Å². The minimum Gasteiger partial charge on any atom is -0.495 e. The Kier molecular flexibility index (Phi) is 7.16. The molecule has 0 atom stereocenters. The van der Waals surface area contributed by atoms with E-state index in [0.29, 0.717) is 29.5 Å².